The molecule has 0 saturated carbocycles. The molecule has 1 aliphatic heterocycles. The molecular weight excluding hydrogens is 345 g/mol. The number of rotatable bonds is 2. The molecule has 3 nitrogen and oxygen atoms in total. The van der Waals surface area contributed by atoms with Gasteiger partial charge in [0.25, 0.3) is 0 Å². The largest absolute Gasteiger partial charge is 0.478 e. The van der Waals surface area contributed by atoms with Crippen LogP contribution in [0.25, 0.3) is 0 Å². The Morgan fingerprint density at radius 1 is 1.12 bits per heavy atom. The number of benzene rings is 2. The van der Waals surface area contributed by atoms with Gasteiger partial charge in [0.05, 0.1) is 22.3 Å². The number of allylic oxidation sites excluding steroid dienone is 2. The fourth-order valence-electron chi connectivity index (χ4n) is 3.86. The number of carboxylic acids is 1. The first-order valence-electron chi connectivity index (χ1n) is 7.80. The molecule has 122 valence electrons. The molecule has 0 amide bonds. The van der Waals surface area contributed by atoms with Gasteiger partial charge in [0, 0.05) is 10.9 Å². The summed E-state index contributed by atoms with van der Waals surface area (Å²) >= 11 is 12.4. The molecule has 2 N–H and O–H groups in total. The Balaban J connectivity index is 1.86. The Morgan fingerprint density at radius 3 is 2.58 bits per heavy atom. The van der Waals surface area contributed by atoms with Crippen LogP contribution in [0.3, 0.4) is 0 Å². The van der Waals surface area contributed by atoms with Crippen LogP contribution in [0.2, 0.25) is 10.0 Å². The van der Waals surface area contributed by atoms with Crippen LogP contribution >= 0.6 is 23.2 Å². The number of halogens is 2. The highest BCUT2D eigenvalue weighted by Crippen LogP contribution is 2.52. The number of fused-ring (bicyclic) bond motifs is 3. The van der Waals surface area contributed by atoms with Gasteiger partial charge in [0.2, 0.25) is 0 Å². The highest BCUT2D eigenvalue weighted by atomic mass is 35.5. The zero-order chi connectivity index (χ0) is 16.8. The Bertz CT molecular complexity index is 845. The third kappa shape index (κ3) is 2.40. The average molecular weight is 360 g/mol. The molecule has 2 unspecified atom stereocenters. The van der Waals surface area contributed by atoms with Crippen molar-refractivity contribution in [2.75, 3.05) is 5.32 Å². The summed E-state index contributed by atoms with van der Waals surface area (Å²) in [5.41, 5.74) is 2.96. The molecule has 0 aromatic heterocycles. The SMILES string of the molecule is O=C(O)c1ccc(Cl)c2c1C1C=CCC1[C@@H](c1ccc(Cl)cc1)N2. The van der Waals surface area contributed by atoms with E-state index in [1.54, 1.807) is 12.1 Å². The highest BCUT2D eigenvalue weighted by Gasteiger charge is 2.40. The lowest BCUT2D eigenvalue weighted by atomic mass is 9.75. The molecule has 2 aromatic rings. The third-order valence-electron chi connectivity index (χ3n) is 4.93. The summed E-state index contributed by atoms with van der Waals surface area (Å²) in [5, 5.41) is 14.3. The molecule has 1 heterocycles. The van der Waals surface area contributed by atoms with Crippen LogP contribution in [0.15, 0.2) is 48.6 Å². The van der Waals surface area contributed by atoms with Crippen LogP contribution in [-0.4, -0.2) is 11.1 Å². The average Bonchev–Trinajstić information content (AvgIpc) is 3.05. The van der Waals surface area contributed by atoms with E-state index >= 15 is 0 Å². The maximum Gasteiger partial charge on any atom is 0.336 e. The smallest absolute Gasteiger partial charge is 0.336 e. The zero-order valence-corrected chi connectivity index (χ0v) is 14.2. The molecule has 5 heteroatoms. The van der Waals surface area contributed by atoms with Gasteiger partial charge in [-0.05, 0) is 47.7 Å². The number of nitrogens with one attached hydrogen (secondary N) is 1. The quantitative estimate of drug-likeness (QED) is 0.694. The van der Waals surface area contributed by atoms with Crippen LogP contribution in [0, 0.1) is 5.92 Å². The normalized spacial score (nSPS) is 24.2. The van der Waals surface area contributed by atoms with Crippen LogP contribution in [0.4, 0.5) is 5.69 Å². The minimum atomic E-state index is -0.922. The molecular formula is C19H15Cl2NO2. The molecule has 2 aliphatic rings. The van der Waals surface area contributed by atoms with E-state index in [1.165, 1.54) is 0 Å². The van der Waals surface area contributed by atoms with Crippen molar-refractivity contribution in [2.24, 2.45) is 5.92 Å². The van der Waals surface area contributed by atoms with Gasteiger partial charge in [-0.1, -0.05) is 47.5 Å². The molecule has 24 heavy (non-hydrogen) atoms. The summed E-state index contributed by atoms with van der Waals surface area (Å²) in [7, 11) is 0. The molecule has 4 rings (SSSR count). The van der Waals surface area contributed by atoms with Crippen LogP contribution in [0.1, 0.15) is 39.9 Å². The molecule has 0 spiro atoms. The maximum atomic E-state index is 11.7. The van der Waals surface area contributed by atoms with Crippen LogP contribution < -0.4 is 5.32 Å². The van der Waals surface area contributed by atoms with E-state index < -0.39 is 5.97 Å². The summed E-state index contributed by atoms with van der Waals surface area (Å²) in [4.78, 5) is 11.7. The summed E-state index contributed by atoms with van der Waals surface area (Å²) in [5.74, 6) is -0.615. The predicted octanol–water partition coefficient (Wildman–Crippen LogP) is 5.52. The number of hydrogen-bond acceptors (Lipinski definition) is 2. The first-order valence-corrected chi connectivity index (χ1v) is 8.56. The highest BCUT2D eigenvalue weighted by molar-refractivity contribution is 6.33. The minimum absolute atomic E-state index is 0.0479. The summed E-state index contributed by atoms with van der Waals surface area (Å²) in [6.07, 6.45) is 5.13. The molecule has 0 fully saturated rings. The van der Waals surface area contributed by atoms with Crippen molar-refractivity contribution >= 4 is 34.9 Å². The lowest BCUT2D eigenvalue weighted by Gasteiger charge is -2.38. The number of hydrogen-bond donors (Lipinski definition) is 2. The predicted molar refractivity (Wildman–Crippen MR) is 96.2 cm³/mol. The first-order chi connectivity index (χ1) is 11.6. The van der Waals surface area contributed by atoms with E-state index in [-0.39, 0.29) is 17.9 Å². The maximum absolute atomic E-state index is 11.7. The summed E-state index contributed by atoms with van der Waals surface area (Å²) < 4.78 is 0. The minimum Gasteiger partial charge on any atom is -0.478 e. The van der Waals surface area contributed by atoms with E-state index in [2.05, 4.69) is 17.5 Å². The van der Waals surface area contributed by atoms with Gasteiger partial charge >= 0.3 is 5.97 Å². The Hall–Kier alpha value is -1.97. The molecule has 0 saturated heterocycles. The van der Waals surface area contributed by atoms with E-state index in [4.69, 9.17) is 23.2 Å². The summed E-state index contributed by atoms with van der Waals surface area (Å²) in [6.45, 7) is 0. The lowest BCUT2D eigenvalue weighted by Crippen LogP contribution is -2.30. The van der Waals surface area contributed by atoms with Gasteiger partial charge in [-0.15, -0.1) is 0 Å². The lowest BCUT2D eigenvalue weighted by molar-refractivity contribution is 0.0695. The van der Waals surface area contributed by atoms with Gasteiger partial charge in [-0.25, -0.2) is 4.79 Å². The third-order valence-corrected chi connectivity index (χ3v) is 5.50. The van der Waals surface area contributed by atoms with Gasteiger partial charge in [-0.3, -0.25) is 0 Å². The van der Waals surface area contributed by atoms with Crippen molar-refractivity contribution < 1.29 is 9.90 Å². The van der Waals surface area contributed by atoms with Crippen LogP contribution in [0.5, 0.6) is 0 Å². The monoisotopic (exact) mass is 359 g/mol. The molecule has 2 aromatic carbocycles. The molecule has 1 aliphatic carbocycles. The number of anilines is 1. The zero-order valence-electron chi connectivity index (χ0n) is 12.7. The molecule has 3 atom stereocenters. The first kappa shape index (κ1) is 15.6. The second-order valence-electron chi connectivity index (χ2n) is 6.22. The van der Waals surface area contributed by atoms with Crippen molar-refractivity contribution in [1.82, 2.24) is 0 Å². The van der Waals surface area contributed by atoms with Gasteiger partial charge in [-0.2, -0.15) is 0 Å². The van der Waals surface area contributed by atoms with E-state index in [0.717, 1.165) is 23.2 Å². The van der Waals surface area contributed by atoms with Crippen molar-refractivity contribution in [3.8, 4) is 0 Å². The molecule has 0 radical (unpaired) electrons. The van der Waals surface area contributed by atoms with Gasteiger partial charge < -0.3 is 10.4 Å². The number of carboxylic acid groups (broad SMARTS) is 1. The van der Waals surface area contributed by atoms with E-state index in [0.29, 0.717) is 15.6 Å². The van der Waals surface area contributed by atoms with Crippen molar-refractivity contribution in [3.05, 3.63) is 75.3 Å². The summed E-state index contributed by atoms with van der Waals surface area (Å²) in [6, 6.07) is 11.1. The Morgan fingerprint density at radius 2 is 1.88 bits per heavy atom. The number of aromatic carboxylic acids is 1. The standard InChI is InChI=1S/C19H15Cl2NO2/c20-11-6-4-10(5-7-11)17-13-3-1-2-12(13)16-14(19(23)24)8-9-15(21)18(16)22-17/h1-2,4-9,12-13,17,22H,3H2,(H,23,24)/t12?,13?,17-/m1/s1. The Kier molecular flexibility index (Phi) is 3.78. The molecule has 0 bridgehead atoms. The second-order valence-corrected chi connectivity index (χ2v) is 7.06. The van der Waals surface area contributed by atoms with Crippen molar-refractivity contribution in [2.45, 2.75) is 18.4 Å². The van der Waals surface area contributed by atoms with Crippen molar-refractivity contribution in [3.63, 3.8) is 0 Å². The Labute approximate surface area is 149 Å². The second kappa shape index (κ2) is 5.83. The van der Waals surface area contributed by atoms with Gasteiger partial charge in [0.15, 0.2) is 0 Å². The fraction of sp³-hybridized carbons (Fsp3) is 0.211. The fourth-order valence-corrected chi connectivity index (χ4v) is 4.21. The van der Waals surface area contributed by atoms with Gasteiger partial charge in [0.1, 0.15) is 0 Å². The van der Waals surface area contributed by atoms with Crippen molar-refractivity contribution in [1.29, 1.82) is 0 Å². The topological polar surface area (TPSA) is 49.3 Å². The van der Waals surface area contributed by atoms with Crippen LogP contribution in [-0.2, 0) is 0 Å². The van der Waals surface area contributed by atoms with E-state index in [9.17, 15) is 9.90 Å². The number of carbonyl (C=O) groups is 1. The van der Waals surface area contributed by atoms with E-state index in [1.807, 2.05) is 24.3 Å².